The number of aromatic nitrogens is 3. The number of rotatable bonds is 4. The van der Waals surface area contributed by atoms with Crippen molar-refractivity contribution in [2.45, 2.75) is 64.2 Å². The van der Waals surface area contributed by atoms with Gasteiger partial charge in [0.25, 0.3) is 0 Å². The summed E-state index contributed by atoms with van der Waals surface area (Å²) < 4.78 is 5.15. The smallest absolute Gasteiger partial charge is 0.235 e. The maximum Gasteiger partial charge on any atom is 0.235 e. The topological polar surface area (TPSA) is 30.7 Å². The molecule has 0 saturated carbocycles. The lowest BCUT2D eigenvalue weighted by atomic mass is 9.88. The highest BCUT2D eigenvalue weighted by atomic mass is 32.1. The van der Waals surface area contributed by atoms with Crippen molar-refractivity contribution < 1.29 is 0 Å². The molecular formula is C48H39N3S. The van der Waals surface area contributed by atoms with Crippen molar-refractivity contribution in [1.29, 1.82) is 0 Å². The van der Waals surface area contributed by atoms with Crippen LogP contribution in [0.1, 0.15) is 79.4 Å². The first-order chi connectivity index (χ1) is 25.8. The Labute approximate surface area is 307 Å². The predicted octanol–water partition coefficient (Wildman–Crippen LogP) is 11.1. The van der Waals surface area contributed by atoms with Gasteiger partial charge in [0, 0.05) is 42.0 Å². The Hall–Kier alpha value is -5.32. The van der Waals surface area contributed by atoms with Crippen LogP contribution in [0, 0.1) is 0 Å². The molecule has 3 heterocycles. The van der Waals surface area contributed by atoms with Crippen LogP contribution in [0.25, 0.3) is 78.0 Å². The molecule has 0 bridgehead atoms. The van der Waals surface area contributed by atoms with Gasteiger partial charge in [-0.25, -0.2) is 9.97 Å². The zero-order valence-electron chi connectivity index (χ0n) is 29.3. The van der Waals surface area contributed by atoms with E-state index in [1.54, 1.807) is 0 Å². The van der Waals surface area contributed by atoms with Gasteiger partial charge in [-0.2, -0.15) is 0 Å². The first-order valence-corrected chi connectivity index (χ1v) is 19.9. The summed E-state index contributed by atoms with van der Waals surface area (Å²) in [5.74, 6) is 0.802. The van der Waals surface area contributed by atoms with Gasteiger partial charge in [-0.05, 0) is 121 Å². The van der Waals surface area contributed by atoms with Crippen LogP contribution in [0.5, 0.6) is 0 Å². The van der Waals surface area contributed by atoms with Gasteiger partial charge in [-0.1, -0.05) is 97.2 Å². The molecule has 5 aliphatic carbocycles. The molecule has 6 aromatic rings. The summed E-state index contributed by atoms with van der Waals surface area (Å²) in [6, 6.07) is 18.6. The highest BCUT2D eigenvalue weighted by Gasteiger charge is 2.24. The van der Waals surface area contributed by atoms with E-state index >= 15 is 0 Å². The lowest BCUT2D eigenvalue weighted by molar-refractivity contribution is 0.829. The molecule has 0 unspecified atom stereocenters. The largest absolute Gasteiger partial charge is 0.282 e. The van der Waals surface area contributed by atoms with Gasteiger partial charge in [0.05, 0.1) is 16.6 Å². The fourth-order valence-corrected chi connectivity index (χ4v) is 10.5. The highest BCUT2D eigenvalue weighted by Crippen LogP contribution is 2.44. The summed E-state index contributed by atoms with van der Waals surface area (Å²) in [6.07, 6.45) is 36.1. The molecule has 0 amide bonds. The fourth-order valence-electron chi connectivity index (χ4n) is 9.28. The van der Waals surface area contributed by atoms with E-state index in [-0.39, 0.29) is 0 Å². The van der Waals surface area contributed by atoms with E-state index in [1.807, 2.05) is 11.3 Å². The molecular weight excluding hydrogens is 651 g/mol. The molecule has 0 radical (unpaired) electrons. The monoisotopic (exact) mass is 689 g/mol. The predicted molar refractivity (Wildman–Crippen MR) is 221 cm³/mol. The highest BCUT2D eigenvalue weighted by molar-refractivity contribution is 7.26. The molecule has 252 valence electrons. The number of allylic oxidation sites excluding steroid dienone is 10. The number of aryl methyl sites for hydroxylation is 1. The molecule has 0 aliphatic heterocycles. The Morgan fingerprint density at radius 2 is 1.54 bits per heavy atom. The molecule has 0 spiro atoms. The Kier molecular flexibility index (Phi) is 7.08. The van der Waals surface area contributed by atoms with Crippen molar-refractivity contribution in [3.05, 3.63) is 141 Å². The van der Waals surface area contributed by atoms with Crippen molar-refractivity contribution in [3.8, 4) is 17.1 Å². The molecule has 0 N–H and O–H groups in total. The van der Waals surface area contributed by atoms with E-state index in [4.69, 9.17) is 9.97 Å². The molecule has 0 fully saturated rings. The molecule has 3 aromatic heterocycles. The van der Waals surface area contributed by atoms with Crippen LogP contribution in [0.2, 0.25) is 0 Å². The zero-order valence-corrected chi connectivity index (χ0v) is 30.1. The lowest BCUT2D eigenvalue weighted by Gasteiger charge is -2.20. The quantitative estimate of drug-likeness (QED) is 0.184. The molecule has 4 heteroatoms. The molecule has 3 aromatic carbocycles. The average molecular weight is 690 g/mol. The van der Waals surface area contributed by atoms with Crippen molar-refractivity contribution in [2.24, 2.45) is 0 Å². The summed E-state index contributed by atoms with van der Waals surface area (Å²) in [5.41, 5.74) is 14.7. The van der Waals surface area contributed by atoms with Crippen molar-refractivity contribution in [2.75, 3.05) is 0 Å². The first kappa shape index (κ1) is 30.3. The minimum absolute atomic E-state index is 0.802. The summed E-state index contributed by atoms with van der Waals surface area (Å²) in [7, 11) is 0. The van der Waals surface area contributed by atoms with Crippen LogP contribution in [0.3, 0.4) is 0 Å². The minimum atomic E-state index is 0.802. The third-order valence-corrected chi connectivity index (χ3v) is 13.0. The Morgan fingerprint density at radius 1 is 0.673 bits per heavy atom. The molecule has 3 nitrogen and oxygen atoms in total. The van der Waals surface area contributed by atoms with E-state index in [0.29, 0.717) is 0 Å². The van der Waals surface area contributed by atoms with Crippen molar-refractivity contribution in [1.82, 2.24) is 14.5 Å². The summed E-state index contributed by atoms with van der Waals surface area (Å²) in [6.45, 7) is 0. The van der Waals surface area contributed by atoms with Gasteiger partial charge in [0.15, 0.2) is 0 Å². The van der Waals surface area contributed by atoms with Gasteiger partial charge in [-0.3, -0.25) is 4.57 Å². The van der Waals surface area contributed by atoms with Gasteiger partial charge in [0.2, 0.25) is 5.95 Å². The second kappa shape index (κ2) is 12.1. The number of fused-ring (bicyclic) bond motifs is 9. The first-order valence-electron chi connectivity index (χ1n) is 19.1. The second-order valence-electron chi connectivity index (χ2n) is 14.8. The number of nitrogens with zero attached hydrogens (tertiary/aromatic N) is 3. The maximum absolute atomic E-state index is 5.48. The average Bonchev–Trinajstić information content (AvgIpc) is 3.77. The number of hydrogen-bond acceptors (Lipinski definition) is 3. The SMILES string of the molecule is C1=CCCC(C2=CC=C(c3nc(-n4c5c(c6cc(-c7cccc8c7sc7ccc9c(c78)CCC=C9)ccc64)C=CCC5)nc4c3=CCCC=4)CC2)=C1. The van der Waals surface area contributed by atoms with E-state index in [0.717, 1.165) is 81.2 Å². The standard InChI is InChI=1S/C48H39N3S/c1-2-11-30(12-3-1)31-21-23-33(24-22-31)46-38-16-6-8-19-41(38)49-48(50-46)51-42-20-9-7-15-37(42)40-29-34(25-27-43(40)51)36-17-10-18-39-45-35-14-5-4-13-32(35)26-28-44(45)52-47(36)39/h1-2,4,7,10-11,13,15-19,21,23,25-29H,3,5-6,8-9,12,14,20,22,24H2. The van der Waals surface area contributed by atoms with Gasteiger partial charge < -0.3 is 0 Å². The second-order valence-corrected chi connectivity index (χ2v) is 15.9. The van der Waals surface area contributed by atoms with Gasteiger partial charge >= 0.3 is 0 Å². The third-order valence-electron chi connectivity index (χ3n) is 11.8. The summed E-state index contributed by atoms with van der Waals surface area (Å²) >= 11 is 1.94. The third kappa shape index (κ3) is 4.77. The van der Waals surface area contributed by atoms with Crippen molar-refractivity contribution >= 4 is 72.3 Å². The van der Waals surface area contributed by atoms with E-state index in [9.17, 15) is 0 Å². The van der Waals surface area contributed by atoms with Gasteiger partial charge in [-0.15, -0.1) is 11.3 Å². The van der Waals surface area contributed by atoms with E-state index in [2.05, 4.69) is 120 Å². The number of thiophene rings is 1. The van der Waals surface area contributed by atoms with Crippen LogP contribution in [0.4, 0.5) is 0 Å². The van der Waals surface area contributed by atoms with Crippen LogP contribution in [-0.4, -0.2) is 14.5 Å². The molecule has 0 atom stereocenters. The van der Waals surface area contributed by atoms with E-state index in [1.165, 1.54) is 86.5 Å². The van der Waals surface area contributed by atoms with Crippen LogP contribution >= 0.6 is 11.3 Å². The number of hydrogen-bond donors (Lipinski definition) is 0. The lowest BCUT2D eigenvalue weighted by Crippen LogP contribution is -2.36. The molecule has 11 rings (SSSR count). The summed E-state index contributed by atoms with van der Waals surface area (Å²) in [5, 5.41) is 6.41. The van der Waals surface area contributed by atoms with Crippen molar-refractivity contribution in [3.63, 3.8) is 0 Å². The Balaban J connectivity index is 1.07. The zero-order chi connectivity index (χ0) is 34.2. The fraction of sp³-hybridized carbons (Fsp3) is 0.208. The van der Waals surface area contributed by atoms with E-state index < -0.39 is 0 Å². The molecule has 0 saturated heterocycles. The van der Waals surface area contributed by atoms with Gasteiger partial charge in [0.1, 0.15) is 0 Å². The van der Waals surface area contributed by atoms with Crippen LogP contribution < -0.4 is 10.6 Å². The Bertz CT molecular complexity index is 2840. The van der Waals surface area contributed by atoms with Crippen LogP contribution in [0.15, 0.2) is 102 Å². The van der Waals surface area contributed by atoms with Crippen LogP contribution in [-0.2, 0) is 12.8 Å². The molecule has 5 aliphatic rings. The molecule has 52 heavy (non-hydrogen) atoms. The normalized spacial score (nSPS) is 17.7. The Morgan fingerprint density at radius 3 is 2.46 bits per heavy atom. The number of benzene rings is 3. The summed E-state index contributed by atoms with van der Waals surface area (Å²) in [4.78, 5) is 10.8. The maximum atomic E-state index is 5.48. The minimum Gasteiger partial charge on any atom is -0.282 e.